The number of nitrogens with zero attached hydrogens (tertiary/aromatic N) is 2. The van der Waals surface area contributed by atoms with Crippen LogP contribution in [0.5, 0.6) is 5.75 Å². The first-order chi connectivity index (χ1) is 20.4. The smallest absolute Gasteiger partial charge is 0.345 e. The number of benzene rings is 2. The van der Waals surface area contributed by atoms with Gasteiger partial charge in [-0.15, -0.1) is 0 Å². The summed E-state index contributed by atoms with van der Waals surface area (Å²) in [6, 6.07) is 22.9. The fourth-order valence-electron chi connectivity index (χ4n) is 5.80. The van der Waals surface area contributed by atoms with Crippen molar-refractivity contribution in [2.24, 2.45) is 5.92 Å². The van der Waals surface area contributed by atoms with Crippen LogP contribution in [0, 0.1) is 17.2 Å². The molecule has 1 saturated carbocycles. The van der Waals surface area contributed by atoms with Gasteiger partial charge in [0.1, 0.15) is 28.8 Å². The average Bonchev–Trinajstić information content (AvgIpc) is 3.01. The van der Waals surface area contributed by atoms with Gasteiger partial charge in [0.15, 0.2) is 0 Å². The molecule has 2 unspecified atom stereocenters. The number of fused-ring (bicyclic) bond motifs is 2. The van der Waals surface area contributed by atoms with Crippen LogP contribution in [-0.4, -0.2) is 33.9 Å². The van der Waals surface area contributed by atoms with Crippen LogP contribution < -0.4 is 10.4 Å². The number of aliphatic hydroxyl groups is 1. The van der Waals surface area contributed by atoms with E-state index in [4.69, 9.17) is 23.9 Å². The molecule has 1 aliphatic heterocycles. The molecule has 1 fully saturated rings. The highest BCUT2D eigenvalue weighted by molar-refractivity contribution is 5.89. The Kier molecular flexibility index (Phi) is 7.33. The first-order valence-electron chi connectivity index (χ1n) is 13.7. The number of carbonyl (C=O) groups excluding carboxylic acids is 1. The Hall–Kier alpha value is -4.78. The number of aliphatic hydroxyl groups excluding tert-OH is 1. The zero-order valence-corrected chi connectivity index (χ0v) is 22.8. The van der Waals surface area contributed by atoms with Crippen molar-refractivity contribution in [3.05, 3.63) is 118 Å². The summed E-state index contributed by atoms with van der Waals surface area (Å²) in [6.07, 6.45) is 1.35. The minimum absolute atomic E-state index is 0.0194. The number of pyridine rings is 1. The van der Waals surface area contributed by atoms with Crippen LogP contribution in [-0.2, 0) is 16.1 Å². The van der Waals surface area contributed by atoms with E-state index in [-0.39, 0.29) is 22.6 Å². The second kappa shape index (κ2) is 11.2. The summed E-state index contributed by atoms with van der Waals surface area (Å²) >= 11 is 0. The van der Waals surface area contributed by atoms with Crippen LogP contribution in [0.1, 0.15) is 52.9 Å². The second-order valence-corrected chi connectivity index (χ2v) is 10.7. The van der Waals surface area contributed by atoms with Gasteiger partial charge in [0.25, 0.3) is 0 Å². The molecule has 0 spiro atoms. The molecule has 2 aromatic heterocycles. The molecular weight excluding hydrogens is 536 g/mol. The van der Waals surface area contributed by atoms with Crippen LogP contribution in [0.2, 0.25) is 0 Å². The van der Waals surface area contributed by atoms with Gasteiger partial charge in [-0.05, 0) is 55.3 Å². The average molecular weight is 565 g/mol. The highest BCUT2D eigenvalue weighted by Gasteiger charge is 2.58. The minimum atomic E-state index is -1.25. The summed E-state index contributed by atoms with van der Waals surface area (Å²) in [6.45, 7) is 2.11. The van der Waals surface area contributed by atoms with Crippen LogP contribution in [0.15, 0.2) is 94.4 Å². The minimum Gasteiger partial charge on any atom is -0.482 e. The van der Waals surface area contributed by atoms with E-state index >= 15 is 0 Å². The Labute approximate surface area is 241 Å². The molecule has 42 heavy (non-hydrogen) atoms. The maximum atomic E-state index is 13.3. The predicted molar refractivity (Wildman–Crippen MR) is 150 cm³/mol. The molecule has 0 amide bonds. The van der Waals surface area contributed by atoms with E-state index in [1.807, 2.05) is 36.4 Å². The topological polar surface area (TPSA) is 132 Å². The van der Waals surface area contributed by atoms with Gasteiger partial charge in [0.2, 0.25) is 0 Å². The van der Waals surface area contributed by atoms with Gasteiger partial charge in [0.05, 0.1) is 36.0 Å². The van der Waals surface area contributed by atoms with Crippen LogP contribution in [0.3, 0.4) is 0 Å². The molecule has 4 aromatic rings. The van der Waals surface area contributed by atoms with E-state index in [0.717, 1.165) is 5.56 Å². The van der Waals surface area contributed by atoms with Crippen molar-refractivity contribution in [1.82, 2.24) is 4.98 Å². The van der Waals surface area contributed by atoms with Crippen molar-refractivity contribution in [2.45, 2.75) is 50.3 Å². The van der Waals surface area contributed by atoms with Crippen LogP contribution >= 0.6 is 0 Å². The lowest BCUT2D eigenvalue weighted by molar-refractivity contribution is -0.185. The van der Waals surface area contributed by atoms with Gasteiger partial charge in [-0.3, -0.25) is 4.98 Å². The van der Waals surface area contributed by atoms with E-state index in [1.54, 1.807) is 49.6 Å². The van der Waals surface area contributed by atoms with Crippen molar-refractivity contribution < 1.29 is 28.5 Å². The van der Waals surface area contributed by atoms with Crippen molar-refractivity contribution in [3.63, 3.8) is 0 Å². The van der Waals surface area contributed by atoms with Crippen molar-refractivity contribution in [2.75, 3.05) is 0 Å². The normalized spacial score (nSPS) is 24.4. The maximum absolute atomic E-state index is 13.3. The Morgan fingerprint density at radius 2 is 1.90 bits per heavy atom. The molecule has 2 aliphatic rings. The number of carbonyl (C=O) groups is 1. The molecule has 3 heterocycles. The van der Waals surface area contributed by atoms with Gasteiger partial charge >= 0.3 is 11.6 Å². The number of rotatable bonds is 6. The quantitative estimate of drug-likeness (QED) is 0.322. The van der Waals surface area contributed by atoms with Gasteiger partial charge in [-0.25, -0.2) is 9.59 Å². The summed E-state index contributed by atoms with van der Waals surface area (Å²) in [5.41, 5.74) is 0.365. The maximum Gasteiger partial charge on any atom is 0.345 e. The summed E-state index contributed by atoms with van der Waals surface area (Å²) in [4.78, 5) is 30.6. The molecule has 9 nitrogen and oxygen atoms in total. The summed E-state index contributed by atoms with van der Waals surface area (Å²) in [5.74, 6) is -0.836. The largest absolute Gasteiger partial charge is 0.482 e. The third kappa shape index (κ3) is 5.18. The molecule has 0 bridgehead atoms. The van der Waals surface area contributed by atoms with Gasteiger partial charge in [-0.1, -0.05) is 30.3 Å². The van der Waals surface area contributed by atoms with E-state index in [0.29, 0.717) is 30.6 Å². The molecule has 212 valence electrons. The van der Waals surface area contributed by atoms with Crippen molar-refractivity contribution >= 4 is 5.97 Å². The van der Waals surface area contributed by atoms with Crippen molar-refractivity contribution in [1.29, 1.82) is 5.26 Å². The summed E-state index contributed by atoms with van der Waals surface area (Å²) in [7, 11) is 0. The van der Waals surface area contributed by atoms with Crippen LogP contribution in [0.4, 0.5) is 0 Å². The van der Waals surface area contributed by atoms with E-state index in [2.05, 4.69) is 4.98 Å². The van der Waals surface area contributed by atoms with E-state index in [1.165, 1.54) is 12.1 Å². The SMILES string of the molecule is C[C@@]12Oc3cc(-c4cccnc4)oc(=O)c3C(O)C1C[C@@H](OCc1ccccc1)C[C@H]2OC(=O)c1ccc(C#N)cc1. The fraction of sp³-hybridized carbons (Fsp3) is 0.273. The number of esters is 1. The van der Waals surface area contributed by atoms with Crippen molar-refractivity contribution in [3.8, 4) is 23.1 Å². The number of ether oxygens (including phenoxy) is 3. The molecule has 2 aromatic carbocycles. The molecule has 1 N–H and O–H groups in total. The predicted octanol–water partition coefficient (Wildman–Crippen LogP) is 4.98. The Balaban J connectivity index is 1.34. The number of aromatic nitrogens is 1. The molecule has 0 radical (unpaired) electrons. The standard InChI is InChI=1S/C33H28N2O7/c1-33-25(30(36)29-27(42-33)16-26(40-32(29)38)23-8-5-13-35-18-23)14-24(39-19-21-6-3-2-4-7-21)15-28(33)41-31(37)22-11-9-20(17-34)10-12-22/h2-13,16,18,24-25,28,30,36H,14-15,19H2,1H3/t24-,25?,28-,30?,33-/m1/s1. The van der Waals surface area contributed by atoms with Gasteiger partial charge in [0, 0.05) is 36.4 Å². The molecule has 1 aliphatic carbocycles. The molecule has 5 atom stereocenters. The highest BCUT2D eigenvalue weighted by Crippen LogP contribution is 2.51. The van der Waals surface area contributed by atoms with E-state index < -0.39 is 41.4 Å². The highest BCUT2D eigenvalue weighted by atomic mass is 16.6. The summed E-state index contributed by atoms with van der Waals surface area (Å²) in [5, 5.41) is 20.7. The first-order valence-corrected chi connectivity index (χ1v) is 13.7. The Morgan fingerprint density at radius 3 is 2.62 bits per heavy atom. The number of hydrogen-bond donors (Lipinski definition) is 1. The monoisotopic (exact) mass is 564 g/mol. The second-order valence-electron chi connectivity index (χ2n) is 10.7. The zero-order valence-electron chi connectivity index (χ0n) is 22.8. The molecule has 0 saturated heterocycles. The van der Waals surface area contributed by atoms with Gasteiger partial charge < -0.3 is 23.7 Å². The fourth-order valence-corrected chi connectivity index (χ4v) is 5.80. The van der Waals surface area contributed by atoms with Gasteiger partial charge in [-0.2, -0.15) is 5.26 Å². The third-order valence-corrected chi connectivity index (χ3v) is 8.10. The van der Waals surface area contributed by atoms with Crippen LogP contribution in [0.25, 0.3) is 11.3 Å². The summed E-state index contributed by atoms with van der Waals surface area (Å²) < 4.78 is 24.4. The Morgan fingerprint density at radius 1 is 1.12 bits per heavy atom. The van der Waals surface area contributed by atoms with E-state index in [9.17, 15) is 14.7 Å². The molecule has 9 heteroatoms. The first kappa shape index (κ1) is 27.4. The Bertz CT molecular complexity index is 1680. The molecule has 6 rings (SSSR count). The lowest BCUT2D eigenvalue weighted by Gasteiger charge is -2.52. The lowest BCUT2D eigenvalue weighted by atomic mass is 9.67. The molecular formula is C33H28N2O7. The third-order valence-electron chi connectivity index (χ3n) is 8.10. The zero-order chi connectivity index (χ0) is 29.3. The lowest BCUT2D eigenvalue weighted by Crippen LogP contribution is -2.61. The number of nitriles is 1. The number of hydrogen-bond acceptors (Lipinski definition) is 9.